The van der Waals surface area contributed by atoms with E-state index < -0.39 is 51.6 Å². The number of rotatable bonds is 5. The molecule has 0 aromatic heterocycles. The summed E-state index contributed by atoms with van der Waals surface area (Å²) in [6.45, 7) is 1.07. The molecule has 0 spiro atoms. The van der Waals surface area contributed by atoms with Crippen LogP contribution in [0.4, 0.5) is 24.5 Å². The highest BCUT2D eigenvalue weighted by molar-refractivity contribution is 6.36. The Hall–Kier alpha value is -3.18. The molecule has 0 saturated heterocycles. The summed E-state index contributed by atoms with van der Waals surface area (Å²) in [5.74, 6) is -3.30. The van der Waals surface area contributed by atoms with Crippen molar-refractivity contribution in [2.45, 2.75) is 13.3 Å². The van der Waals surface area contributed by atoms with Gasteiger partial charge in [-0.15, -0.1) is 13.2 Å². The Morgan fingerprint density at radius 3 is 2.24 bits per heavy atom. The number of carbonyl (C=O) groups is 2. The first-order valence-corrected chi connectivity index (χ1v) is 6.30. The van der Waals surface area contributed by atoms with Crippen LogP contribution in [-0.4, -0.2) is 43.2 Å². The van der Waals surface area contributed by atoms with Gasteiger partial charge in [-0.25, -0.2) is 14.6 Å². The first kappa shape index (κ1) is 19.9. The van der Waals surface area contributed by atoms with Gasteiger partial charge in [0.25, 0.3) is 5.69 Å². The number of nitro benzene ring substituents is 1. The predicted molar refractivity (Wildman–Crippen MR) is 75.9 cm³/mol. The van der Waals surface area contributed by atoms with Gasteiger partial charge in [0.1, 0.15) is 5.71 Å². The summed E-state index contributed by atoms with van der Waals surface area (Å²) in [5.41, 5.74) is -2.94. The molecular weight excluding hydrogens is 353 g/mol. The molecule has 0 unspecified atom stereocenters. The van der Waals surface area contributed by atoms with E-state index in [0.29, 0.717) is 12.1 Å². The van der Waals surface area contributed by atoms with Crippen LogP contribution in [0.5, 0.6) is 5.75 Å². The van der Waals surface area contributed by atoms with Crippen LogP contribution in [0.1, 0.15) is 17.3 Å². The quantitative estimate of drug-likeness (QED) is 0.341. The molecule has 0 aliphatic rings. The zero-order valence-electron chi connectivity index (χ0n) is 13.0. The Balaban J connectivity index is 3.72. The van der Waals surface area contributed by atoms with Crippen LogP contribution in [-0.2, 0) is 14.3 Å². The number of nitro groups is 1. The molecule has 25 heavy (non-hydrogen) atoms. The Labute approximate surface area is 138 Å². The van der Waals surface area contributed by atoms with Gasteiger partial charge < -0.3 is 14.2 Å². The summed E-state index contributed by atoms with van der Waals surface area (Å²) >= 11 is 0. The van der Waals surface area contributed by atoms with Crippen LogP contribution in [0.3, 0.4) is 0 Å². The second-order valence-electron chi connectivity index (χ2n) is 4.33. The highest BCUT2D eigenvalue weighted by Crippen LogP contribution is 2.41. The van der Waals surface area contributed by atoms with Gasteiger partial charge in [0.15, 0.2) is 11.4 Å². The molecule has 0 fully saturated rings. The molecule has 0 heterocycles. The number of carbonyl (C=O) groups excluding carboxylic acids is 2. The van der Waals surface area contributed by atoms with Crippen LogP contribution in [0.15, 0.2) is 17.1 Å². The molecule has 1 aromatic carbocycles. The number of methoxy groups -OCH3 is 2. The number of hydrogen-bond acceptors (Lipinski definition) is 8. The number of alkyl halides is 3. The molecule has 0 amide bonds. The van der Waals surface area contributed by atoms with Gasteiger partial charge in [0.2, 0.25) is 0 Å². The van der Waals surface area contributed by atoms with Gasteiger partial charge >= 0.3 is 18.3 Å². The maximum absolute atomic E-state index is 12.6. The molecule has 0 bridgehead atoms. The van der Waals surface area contributed by atoms with Crippen molar-refractivity contribution >= 4 is 29.0 Å². The summed E-state index contributed by atoms with van der Waals surface area (Å²) in [6.07, 6.45) is -5.23. The fourth-order valence-corrected chi connectivity index (χ4v) is 1.64. The Morgan fingerprint density at radius 2 is 1.80 bits per heavy atom. The number of hydrogen-bond donors (Lipinski definition) is 0. The van der Waals surface area contributed by atoms with E-state index in [-0.39, 0.29) is 0 Å². The fraction of sp³-hybridized carbons (Fsp3) is 0.308. The highest BCUT2D eigenvalue weighted by Gasteiger charge is 2.35. The lowest BCUT2D eigenvalue weighted by atomic mass is 10.1. The Morgan fingerprint density at radius 1 is 1.20 bits per heavy atom. The number of aliphatic imine (C=N–C) groups is 1. The average Bonchev–Trinajstić information content (AvgIpc) is 2.52. The number of halogens is 3. The number of benzene rings is 1. The number of esters is 2. The van der Waals surface area contributed by atoms with Gasteiger partial charge in [-0.2, -0.15) is 0 Å². The van der Waals surface area contributed by atoms with Crippen molar-refractivity contribution in [1.82, 2.24) is 0 Å². The summed E-state index contributed by atoms with van der Waals surface area (Å²) in [6, 6.07) is 1.22. The first-order chi connectivity index (χ1) is 11.5. The van der Waals surface area contributed by atoms with E-state index in [1.54, 1.807) is 0 Å². The van der Waals surface area contributed by atoms with E-state index in [2.05, 4.69) is 19.2 Å². The van der Waals surface area contributed by atoms with Crippen molar-refractivity contribution < 1.29 is 41.9 Å². The number of ether oxygens (including phenoxy) is 3. The lowest BCUT2D eigenvalue weighted by Crippen LogP contribution is -2.18. The SMILES string of the molecule is COC(=O)C(C)=Nc1c(OC(F)(F)F)cc(C(=O)OC)cc1[N+](=O)[O-]. The monoisotopic (exact) mass is 364 g/mol. The third-order valence-corrected chi connectivity index (χ3v) is 2.66. The Bertz CT molecular complexity index is 744. The van der Waals surface area contributed by atoms with Crippen molar-refractivity contribution in [3.63, 3.8) is 0 Å². The van der Waals surface area contributed by atoms with Gasteiger partial charge in [0.05, 0.1) is 24.7 Å². The molecule has 1 aromatic rings. The molecule has 9 nitrogen and oxygen atoms in total. The minimum atomic E-state index is -5.23. The summed E-state index contributed by atoms with van der Waals surface area (Å²) < 4.78 is 50.1. The molecule has 0 N–H and O–H groups in total. The Kier molecular flexibility index (Phi) is 6.03. The van der Waals surface area contributed by atoms with Crippen molar-refractivity contribution in [2.24, 2.45) is 4.99 Å². The standard InChI is InChI=1S/C13H11F3N2O7/c1-6(11(19)23-2)17-10-8(18(21)22)4-7(12(20)24-3)5-9(10)25-13(14,15)16/h4-5H,1-3H3. The van der Waals surface area contributed by atoms with E-state index in [0.717, 1.165) is 21.1 Å². The minimum Gasteiger partial charge on any atom is -0.465 e. The first-order valence-electron chi connectivity index (χ1n) is 6.30. The molecule has 136 valence electrons. The fourth-order valence-electron chi connectivity index (χ4n) is 1.64. The van der Waals surface area contributed by atoms with Crippen LogP contribution < -0.4 is 4.74 Å². The largest absolute Gasteiger partial charge is 0.573 e. The van der Waals surface area contributed by atoms with Crippen molar-refractivity contribution in [3.8, 4) is 5.75 Å². The van der Waals surface area contributed by atoms with E-state index in [4.69, 9.17) is 0 Å². The van der Waals surface area contributed by atoms with Crippen LogP contribution >= 0.6 is 0 Å². The van der Waals surface area contributed by atoms with Crippen molar-refractivity contribution in [3.05, 3.63) is 27.8 Å². The second-order valence-corrected chi connectivity index (χ2v) is 4.33. The highest BCUT2D eigenvalue weighted by atomic mass is 19.4. The molecule has 0 aliphatic heterocycles. The van der Waals surface area contributed by atoms with Crippen LogP contribution in [0.25, 0.3) is 0 Å². The van der Waals surface area contributed by atoms with Crippen LogP contribution in [0, 0.1) is 10.1 Å². The molecule has 0 saturated carbocycles. The van der Waals surface area contributed by atoms with E-state index in [1.807, 2.05) is 0 Å². The summed E-state index contributed by atoms with van der Waals surface area (Å²) in [5, 5.41) is 11.2. The molecule has 0 aliphatic carbocycles. The molecule has 12 heteroatoms. The minimum absolute atomic E-state index is 0.469. The molecular formula is C13H11F3N2O7. The van der Waals surface area contributed by atoms with Crippen molar-refractivity contribution in [2.75, 3.05) is 14.2 Å². The van der Waals surface area contributed by atoms with Gasteiger partial charge in [-0.05, 0) is 13.0 Å². The maximum Gasteiger partial charge on any atom is 0.573 e. The second kappa shape index (κ2) is 7.59. The maximum atomic E-state index is 12.6. The zero-order chi connectivity index (χ0) is 19.4. The third-order valence-electron chi connectivity index (χ3n) is 2.66. The molecule has 1 rings (SSSR count). The third kappa shape index (κ3) is 5.16. The molecule has 0 atom stereocenters. The average molecular weight is 364 g/mol. The van der Waals surface area contributed by atoms with Gasteiger partial charge in [-0.3, -0.25) is 10.1 Å². The van der Waals surface area contributed by atoms with E-state index >= 15 is 0 Å². The summed E-state index contributed by atoms with van der Waals surface area (Å²) in [4.78, 5) is 36.4. The predicted octanol–water partition coefficient (Wildman–Crippen LogP) is 2.55. The molecule has 0 radical (unpaired) electrons. The van der Waals surface area contributed by atoms with Gasteiger partial charge in [0, 0.05) is 6.07 Å². The lowest BCUT2D eigenvalue weighted by Gasteiger charge is -2.13. The normalized spacial score (nSPS) is 11.7. The topological polar surface area (TPSA) is 117 Å². The number of nitrogens with zero attached hydrogens (tertiary/aromatic N) is 2. The van der Waals surface area contributed by atoms with Crippen molar-refractivity contribution in [1.29, 1.82) is 0 Å². The van der Waals surface area contributed by atoms with E-state index in [1.165, 1.54) is 0 Å². The van der Waals surface area contributed by atoms with E-state index in [9.17, 15) is 32.9 Å². The summed E-state index contributed by atoms with van der Waals surface area (Å²) in [7, 11) is 1.93. The zero-order valence-corrected chi connectivity index (χ0v) is 13.0. The van der Waals surface area contributed by atoms with Gasteiger partial charge in [-0.1, -0.05) is 0 Å². The smallest absolute Gasteiger partial charge is 0.465 e. The lowest BCUT2D eigenvalue weighted by molar-refractivity contribution is -0.384. The van der Waals surface area contributed by atoms with Crippen LogP contribution in [0.2, 0.25) is 0 Å².